The van der Waals surface area contributed by atoms with E-state index in [1.165, 1.54) is 24.5 Å². The van der Waals surface area contributed by atoms with E-state index in [0.717, 1.165) is 12.0 Å². The van der Waals surface area contributed by atoms with E-state index in [1.807, 2.05) is 0 Å². The molecule has 0 saturated heterocycles. The van der Waals surface area contributed by atoms with Gasteiger partial charge in [0.25, 0.3) is 0 Å². The maximum atomic E-state index is 12.9. The number of benzene rings is 1. The third kappa shape index (κ3) is 2.87. The lowest BCUT2D eigenvalue weighted by molar-refractivity contribution is -0.384. The molecule has 5 nitrogen and oxygen atoms in total. The molecule has 0 amide bonds. The highest BCUT2D eigenvalue weighted by atomic mass is 79.9. The molecule has 0 unspecified atom stereocenters. The number of hydrogen-bond acceptors (Lipinski definition) is 4. The third-order valence-electron chi connectivity index (χ3n) is 3.49. The lowest BCUT2D eigenvalue weighted by Gasteiger charge is -2.08. The van der Waals surface area contributed by atoms with Gasteiger partial charge in [0.05, 0.1) is 9.40 Å². The van der Waals surface area contributed by atoms with Gasteiger partial charge in [-0.15, -0.1) is 0 Å². The smallest absolute Gasteiger partial charge is 0.311 e. The van der Waals surface area contributed by atoms with Gasteiger partial charge in [-0.05, 0) is 40.0 Å². The van der Waals surface area contributed by atoms with E-state index in [4.69, 9.17) is 0 Å². The second-order valence-corrected chi connectivity index (χ2v) is 5.77. The van der Waals surface area contributed by atoms with Crippen LogP contribution in [0.25, 0.3) is 0 Å². The van der Waals surface area contributed by atoms with E-state index < -0.39 is 4.92 Å². The molecule has 0 aliphatic heterocycles. The molecule has 1 heterocycles. The molecule has 7 heteroatoms. The molecule has 0 radical (unpaired) electrons. The maximum absolute atomic E-state index is 12.9. The quantitative estimate of drug-likeness (QED) is 0.670. The highest BCUT2D eigenvalue weighted by Crippen LogP contribution is 2.45. The fourth-order valence-electron chi connectivity index (χ4n) is 2.32. The first-order chi connectivity index (χ1) is 10.1. The van der Waals surface area contributed by atoms with Crippen molar-refractivity contribution in [3.63, 3.8) is 0 Å². The van der Waals surface area contributed by atoms with Crippen LogP contribution in [0.1, 0.15) is 17.9 Å². The first kappa shape index (κ1) is 13.9. The predicted octanol–water partition coefficient (Wildman–Crippen LogP) is 3.86. The monoisotopic (exact) mass is 351 g/mol. The summed E-state index contributed by atoms with van der Waals surface area (Å²) in [6.45, 7) is 0. The number of hydrogen-bond donors (Lipinski definition) is 1. The number of halogens is 2. The van der Waals surface area contributed by atoms with Gasteiger partial charge in [-0.3, -0.25) is 15.1 Å². The van der Waals surface area contributed by atoms with E-state index in [1.54, 1.807) is 12.1 Å². The van der Waals surface area contributed by atoms with Crippen LogP contribution in [0.2, 0.25) is 0 Å². The van der Waals surface area contributed by atoms with Gasteiger partial charge in [0.1, 0.15) is 17.7 Å². The van der Waals surface area contributed by atoms with Crippen LogP contribution >= 0.6 is 15.9 Å². The van der Waals surface area contributed by atoms with Crippen molar-refractivity contribution in [3.8, 4) is 0 Å². The first-order valence-electron chi connectivity index (χ1n) is 6.36. The Kier molecular flexibility index (Phi) is 3.59. The molecular formula is C14H11BrFN3O2. The Morgan fingerprint density at radius 1 is 1.33 bits per heavy atom. The van der Waals surface area contributed by atoms with Gasteiger partial charge in [0.2, 0.25) is 0 Å². The Labute approximate surface area is 128 Å². The van der Waals surface area contributed by atoms with Crippen LogP contribution < -0.4 is 5.32 Å². The summed E-state index contributed by atoms with van der Waals surface area (Å²) in [5, 5.41) is 14.2. The fraction of sp³-hybridized carbons (Fsp3) is 0.214. The van der Waals surface area contributed by atoms with Gasteiger partial charge in [-0.1, -0.05) is 12.1 Å². The fourth-order valence-corrected chi connectivity index (χ4v) is 2.76. The maximum Gasteiger partial charge on any atom is 0.311 e. The summed E-state index contributed by atoms with van der Waals surface area (Å²) in [5.41, 5.74) is 1.40. The zero-order chi connectivity index (χ0) is 15.0. The topological polar surface area (TPSA) is 68.1 Å². The molecule has 1 N–H and O–H groups in total. The van der Waals surface area contributed by atoms with E-state index in [-0.39, 0.29) is 23.5 Å². The molecule has 0 bridgehead atoms. The molecule has 0 spiro atoms. The molecule has 3 rings (SSSR count). The summed E-state index contributed by atoms with van der Waals surface area (Å²) in [5.74, 6) is -0.0262. The van der Waals surface area contributed by atoms with Crippen molar-refractivity contribution in [1.82, 2.24) is 4.98 Å². The van der Waals surface area contributed by atoms with Gasteiger partial charge in [-0.2, -0.15) is 0 Å². The minimum Gasteiger partial charge on any atom is -0.375 e. The number of anilines is 1. The van der Waals surface area contributed by atoms with Crippen LogP contribution in [-0.2, 0) is 0 Å². The molecular weight excluding hydrogens is 341 g/mol. The Hall–Kier alpha value is -2.02. The largest absolute Gasteiger partial charge is 0.375 e. The Balaban J connectivity index is 1.78. The Bertz CT molecular complexity index is 693. The average Bonchev–Trinajstić information content (AvgIpc) is 3.21. The summed E-state index contributed by atoms with van der Waals surface area (Å²) < 4.78 is 13.5. The highest BCUT2D eigenvalue weighted by Gasteiger charge is 2.39. The number of nitrogens with one attached hydrogen (secondary N) is 1. The van der Waals surface area contributed by atoms with E-state index in [0.29, 0.717) is 10.2 Å². The zero-order valence-electron chi connectivity index (χ0n) is 10.8. The summed E-state index contributed by atoms with van der Waals surface area (Å²) in [7, 11) is 0. The number of pyridine rings is 1. The van der Waals surface area contributed by atoms with Gasteiger partial charge in [0, 0.05) is 18.2 Å². The minimum atomic E-state index is -0.463. The van der Waals surface area contributed by atoms with E-state index >= 15 is 0 Å². The minimum absolute atomic E-state index is 0.0610. The van der Waals surface area contributed by atoms with Gasteiger partial charge in [-0.25, -0.2) is 4.39 Å². The second-order valence-electron chi connectivity index (χ2n) is 4.92. The second kappa shape index (κ2) is 5.40. The predicted molar refractivity (Wildman–Crippen MR) is 79.8 cm³/mol. The first-order valence-corrected chi connectivity index (χ1v) is 7.15. The summed E-state index contributed by atoms with van der Waals surface area (Å²) in [6.07, 6.45) is 3.60. The van der Waals surface area contributed by atoms with Crippen molar-refractivity contribution >= 4 is 27.3 Å². The van der Waals surface area contributed by atoms with Crippen LogP contribution in [-0.4, -0.2) is 15.9 Å². The van der Waals surface area contributed by atoms with Crippen LogP contribution in [0.15, 0.2) is 41.1 Å². The average molecular weight is 352 g/mol. The van der Waals surface area contributed by atoms with E-state index in [9.17, 15) is 14.5 Å². The highest BCUT2D eigenvalue weighted by molar-refractivity contribution is 9.10. The van der Waals surface area contributed by atoms with Crippen molar-refractivity contribution in [3.05, 3.63) is 62.6 Å². The lowest BCUT2D eigenvalue weighted by Crippen LogP contribution is -2.07. The Morgan fingerprint density at radius 3 is 2.71 bits per heavy atom. The van der Waals surface area contributed by atoms with Crippen LogP contribution in [0.3, 0.4) is 0 Å². The molecule has 1 aliphatic rings. The van der Waals surface area contributed by atoms with Gasteiger partial charge >= 0.3 is 5.69 Å². The number of nitro groups is 1. The third-order valence-corrected chi connectivity index (χ3v) is 4.10. The number of aromatic nitrogens is 1. The molecule has 2 atom stereocenters. The zero-order valence-corrected chi connectivity index (χ0v) is 12.4. The van der Waals surface area contributed by atoms with Crippen molar-refractivity contribution in [2.75, 3.05) is 5.32 Å². The van der Waals surface area contributed by atoms with Crippen molar-refractivity contribution in [2.24, 2.45) is 0 Å². The molecule has 1 fully saturated rings. The summed E-state index contributed by atoms with van der Waals surface area (Å²) in [6, 6.07) is 6.45. The summed E-state index contributed by atoms with van der Waals surface area (Å²) in [4.78, 5) is 14.4. The van der Waals surface area contributed by atoms with E-state index in [2.05, 4.69) is 26.2 Å². The molecule has 2 aromatic rings. The van der Waals surface area contributed by atoms with Crippen LogP contribution in [0.4, 0.5) is 15.8 Å². The van der Waals surface area contributed by atoms with Crippen molar-refractivity contribution in [2.45, 2.75) is 18.4 Å². The Morgan fingerprint density at radius 2 is 2.05 bits per heavy atom. The van der Waals surface area contributed by atoms with Crippen LogP contribution in [0.5, 0.6) is 0 Å². The molecule has 108 valence electrons. The number of rotatable bonds is 4. The lowest BCUT2D eigenvalue weighted by atomic mass is 10.1. The SMILES string of the molecule is O=[N+]([O-])c1cncc(Br)c1N[C@@H]1C[C@H]1c1ccc(F)cc1. The number of nitrogens with zero attached hydrogens (tertiary/aromatic N) is 2. The molecule has 1 aromatic heterocycles. The molecule has 1 aliphatic carbocycles. The normalized spacial score (nSPS) is 20.1. The standard InChI is InChI=1S/C14H11BrFN3O2/c15-11-6-17-7-13(19(20)21)14(11)18-12-5-10(12)8-1-3-9(16)4-2-8/h1-4,6-7,10,12H,5H2,(H,17,18)/t10-,12+/m0/s1. The van der Waals surface area contributed by atoms with Gasteiger partial charge < -0.3 is 5.32 Å². The van der Waals surface area contributed by atoms with Crippen molar-refractivity contribution in [1.29, 1.82) is 0 Å². The van der Waals surface area contributed by atoms with Gasteiger partial charge in [0.15, 0.2) is 0 Å². The van der Waals surface area contributed by atoms with Crippen LogP contribution in [0, 0.1) is 15.9 Å². The molecule has 21 heavy (non-hydrogen) atoms. The molecule has 1 saturated carbocycles. The van der Waals surface area contributed by atoms with Crippen molar-refractivity contribution < 1.29 is 9.31 Å². The molecule has 1 aromatic carbocycles. The summed E-state index contributed by atoms with van der Waals surface area (Å²) >= 11 is 3.28.